The first-order chi connectivity index (χ1) is 18.0. The zero-order chi connectivity index (χ0) is 26.3. The lowest BCUT2D eigenvalue weighted by atomic mass is 10.1. The molecular formula is C31H43ClN2O2S. The summed E-state index contributed by atoms with van der Waals surface area (Å²) in [6.45, 7) is 5.85. The lowest BCUT2D eigenvalue weighted by Crippen LogP contribution is -2.16. The second-order valence-corrected chi connectivity index (χ2v) is 11.5. The van der Waals surface area contributed by atoms with E-state index >= 15 is 0 Å². The van der Waals surface area contributed by atoms with Crippen LogP contribution in [0.2, 0.25) is 5.02 Å². The van der Waals surface area contributed by atoms with Gasteiger partial charge in [-0.25, -0.2) is 0 Å². The van der Waals surface area contributed by atoms with Crippen molar-refractivity contribution < 1.29 is 9.53 Å². The molecule has 2 aromatic carbocycles. The van der Waals surface area contributed by atoms with Crippen molar-refractivity contribution in [3.05, 3.63) is 69.7 Å². The topological polar surface area (TPSA) is 41.6 Å². The average Bonchev–Trinajstić information content (AvgIpc) is 3.28. The average molecular weight is 543 g/mol. The van der Waals surface area contributed by atoms with Crippen molar-refractivity contribution in [1.29, 1.82) is 0 Å². The number of allylic oxidation sites excluding steroid dienone is 1. The fourth-order valence-electron chi connectivity index (χ4n) is 4.59. The van der Waals surface area contributed by atoms with Gasteiger partial charge in [-0.2, -0.15) is 0 Å². The van der Waals surface area contributed by atoms with Crippen LogP contribution in [-0.4, -0.2) is 23.3 Å². The molecule has 37 heavy (non-hydrogen) atoms. The molecule has 4 nitrogen and oxygen atoms in total. The number of nitrogens with zero attached hydrogens (tertiary/aromatic N) is 1. The summed E-state index contributed by atoms with van der Waals surface area (Å²) in [5, 5.41) is 3.61. The molecule has 0 unspecified atom stereocenters. The fourth-order valence-corrected chi connectivity index (χ4v) is 5.59. The lowest BCUT2D eigenvalue weighted by molar-refractivity contribution is -0.115. The SMILES string of the molecule is CCCCCCCCCCCCOc1c(Cl)cccc1CC(=O)Nc1cccc(CN2C=C(C)SC2)c1. The van der Waals surface area contributed by atoms with E-state index in [0.29, 0.717) is 17.4 Å². The Balaban J connectivity index is 1.41. The Bertz CT molecular complexity index is 1010. The molecule has 0 spiro atoms. The number of carbonyl (C=O) groups is 1. The van der Waals surface area contributed by atoms with Crippen LogP contribution in [0.1, 0.15) is 89.2 Å². The van der Waals surface area contributed by atoms with Gasteiger partial charge in [-0.1, -0.05) is 101 Å². The van der Waals surface area contributed by atoms with Crippen LogP contribution in [0.25, 0.3) is 0 Å². The summed E-state index contributed by atoms with van der Waals surface area (Å²) in [5.74, 6) is 1.53. The standard InChI is InChI=1S/C31H43ClN2O2S/c1-3-4-5-6-7-8-9-10-11-12-19-36-31-27(16-14-18-29(31)32)21-30(35)33-28-17-13-15-26(20-28)23-34-22-25(2)37-24-34/h13-18,20,22H,3-12,19,21,23-24H2,1-2H3,(H,33,35). The van der Waals surface area contributed by atoms with E-state index in [4.69, 9.17) is 16.3 Å². The molecule has 0 saturated heterocycles. The summed E-state index contributed by atoms with van der Waals surface area (Å²) in [6, 6.07) is 13.7. The predicted molar refractivity (Wildman–Crippen MR) is 159 cm³/mol. The van der Waals surface area contributed by atoms with Crippen LogP contribution >= 0.6 is 23.4 Å². The minimum atomic E-state index is -0.0735. The smallest absolute Gasteiger partial charge is 0.228 e. The van der Waals surface area contributed by atoms with Gasteiger partial charge in [-0.15, -0.1) is 11.8 Å². The number of benzene rings is 2. The zero-order valence-corrected chi connectivity index (χ0v) is 24.1. The maximum Gasteiger partial charge on any atom is 0.228 e. The minimum Gasteiger partial charge on any atom is -0.492 e. The van der Waals surface area contributed by atoms with Gasteiger partial charge in [0.1, 0.15) is 5.75 Å². The van der Waals surface area contributed by atoms with Gasteiger partial charge >= 0.3 is 0 Å². The summed E-state index contributed by atoms with van der Waals surface area (Å²) >= 11 is 8.30. The van der Waals surface area contributed by atoms with Gasteiger partial charge in [-0.05, 0) is 42.0 Å². The molecule has 0 aliphatic carbocycles. The van der Waals surface area contributed by atoms with Crippen molar-refractivity contribution in [1.82, 2.24) is 4.90 Å². The highest BCUT2D eigenvalue weighted by molar-refractivity contribution is 8.03. The van der Waals surface area contributed by atoms with Gasteiger partial charge in [0.2, 0.25) is 5.91 Å². The molecule has 0 radical (unpaired) electrons. The first kappa shape index (κ1) is 29.4. The van der Waals surface area contributed by atoms with Crippen LogP contribution in [0.15, 0.2) is 53.6 Å². The molecule has 1 heterocycles. The number of para-hydroxylation sites is 1. The van der Waals surface area contributed by atoms with Crippen molar-refractivity contribution in [3.63, 3.8) is 0 Å². The van der Waals surface area contributed by atoms with Gasteiger partial charge < -0.3 is 15.0 Å². The monoisotopic (exact) mass is 542 g/mol. The van der Waals surface area contributed by atoms with Crippen LogP contribution in [-0.2, 0) is 17.8 Å². The number of thioether (sulfide) groups is 1. The summed E-state index contributed by atoms with van der Waals surface area (Å²) < 4.78 is 6.07. The molecular weight excluding hydrogens is 500 g/mol. The molecule has 0 fully saturated rings. The van der Waals surface area contributed by atoms with E-state index in [1.54, 1.807) is 0 Å². The molecule has 0 atom stereocenters. The number of anilines is 1. The minimum absolute atomic E-state index is 0.0735. The van der Waals surface area contributed by atoms with E-state index in [9.17, 15) is 4.79 Å². The molecule has 6 heteroatoms. The van der Waals surface area contributed by atoms with Crippen LogP contribution in [0.3, 0.4) is 0 Å². The second-order valence-electron chi connectivity index (χ2n) is 9.94. The Kier molecular flexibility index (Phi) is 13.3. The Hall–Kier alpha value is -2.11. The Morgan fingerprint density at radius 2 is 1.70 bits per heavy atom. The summed E-state index contributed by atoms with van der Waals surface area (Å²) in [6.07, 6.45) is 15.3. The van der Waals surface area contributed by atoms with Crippen molar-refractivity contribution >= 4 is 35.0 Å². The number of hydrogen-bond acceptors (Lipinski definition) is 4. The molecule has 2 aromatic rings. The molecule has 0 bridgehead atoms. The van der Waals surface area contributed by atoms with Gasteiger partial charge in [0, 0.05) is 24.0 Å². The second kappa shape index (κ2) is 16.7. The van der Waals surface area contributed by atoms with Gasteiger partial charge in [0.05, 0.1) is 23.9 Å². The van der Waals surface area contributed by atoms with E-state index in [1.807, 2.05) is 48.2 Å². The Morgan fingerprint density at radius 3 is 2.41 bits per heavy atom. The van der Waals surface area contributed by atoms with Gasteiger partial charge in [0.25, 0.3) is 0 Å². The molecule has 1 aliphatic rings. The van der Waals surface area contributed by atoms with E-state index in [-0.39, 0.29) is 12.3 Å². The summed E-state index contributed by atoms with van der Waals surface area (Å²) in [5.41, 5.74) is 2.81. The number of amides is 1. The predicted octanol–water partition coefficient (Wildman–Crippen LogP) is 9.19. The van der Waals surface area contributed by atoms with Crippen LogP contribution < -0.4 is 10.1 Å². The van der Waals surface area contributed by atoms with Crippen molar-refractivity contribution in [2.45, 2.75) is 91.0 Å². The molecule has 202 valence electrons. The highest BCUT2D eigenvalue weighted by Crippen LogP contribution is 2.30. The van der Waals surface area contributed by atoms with Gasteiger partial charge in [-0.3, -0.25) is 4.79 Å². The van der Waals surface area contributed by atoms with E-state index in [1.165, 1.54) is 61.8 Å². The molecule has 1 aliphatic heterocycles. The van der Waals surface area contributed by atoms with Crippen molar-refractivity contribution in [2.24, 2.45) is 0 Å². The lowest BCUT2D eigenvalue weighted by Gasteiger charge is -2.16. The Morgan fingerprint density at radius 1 is 1.00 bits per heavy atom. The highest BCUT2D eigenvalue weighted by Gasteiger charge is 2.14. The van der Waals surface area contributed by atoms with Crippen LogP contribution in [0, 0.1) is 0 Å². The van der Waals surface area contributed by atoms with Crippen molar-refractivity contribution in [2.75, 3.05) is 17.8 Å². The quantitative estimate of drug-likeness (QED) is 0.202. The number of hydrogen-bond donors (Lipinski definition) is 1. The molecule has 3 rings (SSSR count). The highest BCUT2D eigenvalue weighted by atomic mass is 35.5. The number of ether oxygens (including phenoxy) is 1. The number of carbonyl (C=O) groups excluding carboxylic acids is 1. The van der Waals surface area contributed by atoms with Gasteiger partial charge in [0.15, 0.2) is 0 Å². The van der Waals surface area contributed by atoms with E-state index in [0.717, 1.165) is 36.5 Å². The largest absolute Gasteiger partial charge is 0.492 e. The third kappa shape index (κ3) is 11.0. The molecule has 0 saturated carbocycles. The molecule has 1 amide bonds. The molecule has 0 aromatic heterocycles. The van der Waals surface area contributed by atoms with E-state index in [2.05, 4.69) is 36.3 Å². The normalized spacial score (nSPS) is 13.1. The number of nitrogens with one attached hydrogen (secondary N) is 1. The van der Waals surface area contributed by atoms with E-state index < -0.39 is 0 Å². The Labute approximate surface area is 233 Å². The first-order valence-corrected chi connectivity index (χ1v) is 15.3. The molecule has 1 N–H and O–H groups in total. The third-order valence-corrected chi connectivity index (χ3v) is 7.88. The summed E-state index contributed by atoms with van der Waals surface area (Å²) in [7, 11) is 0. The number of rotatable bonds is 17. The zero-order valence-electron chi connectivity index (χ0n) is 22.6. The first-order valence-electron chi connectivity index (χ1n) is 13.9. The third-order valence-electron chi connectivity index (χ3n) is 6.56. The number of halogens is 1. The van der Waals surface area contributed by atoms with Crippen LogP contribution in [0.5, 0.6) is 5.75 Å². The van der Waals surface area contributed by atoms with Crippen LogP contribution in [0.4, 0.5) is 5.69 Å². The van der Waals surface area contributed by atoms with Crippen molar-refractivity contribution in [3.8, 4) is 5.75 Å². The summed E-state index contributed by atoms with van der Waals surface area (Å²) in [4.78, 5) is 16.5. The number of unbranched alkanes of at least 4 members (excludes halogenated alkanes) is 9. The maximum atomic E-state index is 12.9. The fraction of sp³-hybridized carbons (Fsp3) is 0.516. The maximum absolute atomic E-state index is 12.9.